The number of benzene rings is 1. The van der Waals surface area contributed by atoms with Crippen molar-refractivity contribution in [1.82, 2.24) is 0 Å². The Morgan fingerprint density at radius 1 is 1.58 bits per heavy atom. The van der Waals surface area contributed by atoms with E-state index in [0.29, 0.717) is 0 Å². The van der Waals surface area contributed by atoms with Gasteiger partial charge in [0.2, 0.25) is 0 Å². The second-order valence-electron chi connectivity index (χ2n) is 4.07. The van der Waals surface area contributed by atoms with Gasteiger partial charge in [0.15, 0.2) is 5.75 Å². The minimum Gasteiger partial charge on any atom is -0.484 e. The number of carbonyl (C=O) groups is 1. The number of hydrogen-bond acceptors (Lipinski definition) is 6. The van der Waals surface area contributed by atoms with Crippen molar-refractivity contribution in [3.05, 3.63) is 33.3 Å². The van der Waals surface area contributed by atoms with Crippen LogP contribution in [0.2, 0.25) is 5.02 Å². The van der Waals surface area contributed by atoms with Gasteiger partial charge in [0.05, 0.1) is 12.0 Å². The van der Waals surface area contributed by atoms with E-state index in [1.165, 1.54) is 32.2 Å². The number of esters is 1. The molecule has 0 fully saturated rings. The van der Waals surface area contributed by atoms with E-state index in [2.05, 4.69) is 4.74 Å². The summed E-state index contributed by atoms with van der Waals surface area (Å²) >= 11 is 5.74. The summed E-state index contributed by atoms with van der Waals surface area (Å²) in [4.78, 5) is 21.5. The third-order valence-corrected chi connectivity index (χ3v) is 2.53. The van der Waals surface area contributed by atoms with Gasteiger partial charge in [-0.1, -0.05) is 11.6 Å². The quantitative estimate of drug-likeness (QED) is 0.500. The number of nitrogens with two attached hydrogens (primary N) is 1. The lowest BCUT2D eigenvalue weighted by Crippen LogP contribution is -2.50. The Morgan fingerprint density at radius 3 is 2.74 bits per heavy atom. The van der Waals surface area contributed by atoms with Gasteiger partial charge in [0.1, 0.15) is 12.1 Å². The number of rotatable bonds is 5. The zero-order valence-corrected chi connectivity index (χ0v) is 11.1. The molecule has 0 aliphatic heterocycles. The van der Waals surface area contributed by atoms with E-state index in [1.54, 1.807) is 0 Å². The molecule has 0 saturated heterocycles. The first-order chi connectivity index (χ1) is 8.77. The molecule has 104 valence electrons. The molecule has 0 aliphatic carbocycles. The molecule has 2 N–H and O–H groups in total. The van der Waals surface area contributed by atoms with E-state index in [4.69, 9.17) is 22.1 Å². The fourth-order valence-electron chi connectivity index (χ4n) is 1.27. The van der Waals surface area contributed by atoms with Crippen molar-refractivity contribution >= 4 is 23.3 Å². The van der Waals surface area contributed by atoms with Crippen molar-refractivity contribution in [3.8, 4) is 5.75 Å². The summed E-state index contributed by atoms with van der Waals surface area (Å²) in [6, 6.07) is 3.87. The maximum atomic E-state index is 11.4. The number of nitrogens with zero attached hydrogens (tertiary/aromatic N) is 1. The number of hydrogen-bond donors (Lipinski definition) is 1. The number of halogens is 1. The first-order valence-electron chi connectivity index (χ1n) is 5.22. The van der Waals surface area contributed by atoms with Crippen LogP contribution in [0.15, 0.2) is 18.2 Å². The Kier molecular flexibility index (Phi) is 4.68. The lowest BCUT2D eigenvalue weighted by atomic mass is 10.1. The summed E-state index contributed by atoms with van der Waals surface area (Å²) in [5.41, 5.74) is 4.01. The average Bonchev–Trinajstić information content (AvgIpc) is 2.35. The molecule has 1 atom stereocenters. The molecule has 0 aliphatic rings. The van der Waals surface area contributed by atoms with E-state index in [9.17, 15) is 14.9 Å². The van der Waals surface area contributed by atoms with Crippen LogP contribution < -0.4 is 10.5 Å². The first kappa shape index (κ1) is 15.2. The van der Waals surface area contributed by atoms with Crippen molar-refractivity contribution < 1.29 is 19.2 Å². The zero-order valence-electron chi connectivity index (χ0n) is 10.4. The highest BCUT2D eigenvalue weighted by atomic mass is 35.5. The maximum absolute atomic E-state index is 11.4. The molecule has 0 saturated carbocycles. The molecule has 7 nitrogen and oxygen atoms in total. The minimum absolute atomic E-state index is 0.0573. The van der Waals surface area contributed by atoms with Crippen LogP contribution in [-0.4, -0.2) is 30.1 Å². The average molecular weight is 289 g/mol. The molecule has 0 heterocycles. The lowest BCUT2D eigenvalue weighted by Gasteiger charge is -2.21. The molecular formula is C11H13ClN2O5. The third kappa shape index (κ3) is 3.80. The van der Waals surface area contributed by atoms with Crippen molar-refractivity contribution in [1.29, 1.82) is 0 Å². The van der Waals surface area contributed by atoms with Crippen LogP contribution in [0, 0.1) is 10.1 Å². The standard InChI is InChI=1S/C11H13ClN2O5/c1-11(13,10(15)18-2)6-19-9-5-7(12)3-4-8(9)14(16)17/h3-5H,6,13H2,1-2H3. The largest absolute Gasteiger partial charge is 0.484 e. The molecular weight excluding hydrogens is 276 g/mol. The minimum atomic E-state index is -1.41. The van der Waals surface area contributed by atoms with E-state index in [0.717, 1.165) is 0 Å². The molecule has 8 heteroatoms. The van der Waals surface area contributed by atoms with E-state index >= 15 is 0 Å². The number of carbonyl (C=O) groups excluding carboxylic acids is 1. The van der Waals surface area contributed by atoms with Gasteiger partial charge < -0.3 is 15.2 Å². The smallest absolute Gasteiger partial charge is 0.329 e. The number of methoxy groups -OCH3 is 1. The summed E-state index contributed by atoms with van der Waals surface area (Å²) in [7, 11) is 1.19. The summed E-state index contributed by atoms with van der Waals surface area (Å²) < 4.78 is 9.72. The monoisotopic (exact) mass is 288 g/mol. The van der Waals surface area contributed by atoms with Crippen LogP contribution in [0.3, 0.4) is 0 Å². The van der Waals surface area contributed by atoms with Crippen LogP contribution in [0.5, 0.6) is 5.75 Å². The second kappa shape index (κ2) is 5.85. The Labute approximate surface area is 114 Å². The molecule has 0 radical (unpaired) electrons. The SMILES string of the molecule is COC(=O)C(C)(N)COc1cc(Cl)ccc1[N+](=O)[O-]. The third-order valence-electron chi connectivity index (χ3n) is 2.30. The van der Waals surface area contributed by atoms with E-state index in [-0.39, 0.29) is 23.1 Å². The van der Waals surface area contributed by atoms with Gasteiger partial charge in [0.25, 0.3) is 0 Å². The maximum Gasteiger partial charge on any atom is 0.329 e. The van der Waals surface area contributed by atoms with Crippen molar-refractivity contribution in [3.63, 3.8) is 0 Å². The van der Waals surface area contributed by atoms with Gasteiger partial charge in [-0.25, -0.2) is 4.79 Å². The molecule has 0 bridgehead atoms. The molecule has 1 aromatic carbocycles. The van der Waals surface area contributed by atoms with E-state index < -0.39 is 16.4 Å². The lowest BCUT2D eigenvalue weighted by molar-refractivity contribution is -0.385. The number of nitro benzene ring substituents is 1. The van der Waals surface area contributed by atoms with Gasteiger partial charge in [-0.2, -0.15) is 0 Å². The summed E-state index contributed by atoms with van der Waals surface area (Å²) in [5.74, 6) is -0.741. The predicted molar refractivity (Wildman–Crippen MR) is 68.2 cm³/mol. The van der Waals surface area contributed by atoms with Gasteiger partial charge >= 0.3 is 11.7 Å². The highest BCUT2D eigenvalue weighted by Gasteiger charge is 2.31. The first-order valence-corrected chi connectivity index (χ1v) is 5.60. The van der Waals surface area contributed by atoms with Crippen molar-refractivity contribution in [2.75, 3.05) is 13.7 Å². The molecule has 0 spiro atoms. The van der Waals surface area contributed by atoms with E-state index in [1.807, 2.05) is 0 Å². The van der Waals surface area contributed by atoms with Crippen LogP contribution in [-0.2, 0) is 9.53 Å². The van der Waals surface area contributed by atoms with Crippen LogP contribution in [0.4, 0.5) is 5.69 Å². The normalized spacial score (nSPS) is 13.5. The summed E-state index contributed by atoms with van der Waals surface area (Å²) in [6.45, 7) is 1.12. The molecule has 1 aromatic rings. The number of ether oxygens (including phenoxy) is 2. The summed E-state index contributed by atoms with van der Waals surface area (Å²) in [5, 5.41) is 11.1. The topological polar surface area (TPSA) is 105 Å². The molecule has 1 rings (SSSR count). The fraction of sp³-hybridized carbons (Fsp3) is 0.364. The summed E-state index contributed by atoms with van der Waals surface area (Å²) in [6.07, 6.45) is 0. The van der Waals surface area contributed by atoms with Gasteiger partial charge in [0, 0.05) is 17.2 Å². The number of nitro groups is 1. The fourth-order valence-corrected chi connectivity index (χ4v) is 1.44. The van der Waals surface area contributed by atoms with Crippen molar-refractivity contribution in [2.24, 2.45) is 5.73 Å². The predicted octanol–water partition coefficient (Wildman–Crippen LogP) is 1.52. The Bertz CT molecular complexity index is 504. The Hall–Kier alpha value is -1.86. The van der Waals surface area contributed by atoms with Crippen LogP contribution >= 0.6 is 11.6 Å². The molecule has 0 amide bonds. The van der Waals surface area contributed by atoms with Crippen LogP contribution in [0.1, 0.15) is 6.92 Å². The highest BCUT2D eigenvalue weighted by molar-refractivity contribution is 6.30. The zero-order chi connectivity index (χ0) is 14.6. The van der Waals surface area contributed by atoms with Gasteiger partial charge in [-0.3, -0.25) is 10.1 Å². The Balaban J connectivity index is 2.91. The molecule has 19 heavy (non-hydrogen) atoms. The Morgan fingerprint density at radius 2 is 2.21 bits per heavy atom. The second-order valence-corrected chi connectivity index (χ2v) is 4.50. The van der Waals surface area contributed by atoms with Crippen LogP contribution in [0.25, 0.3) is 0 Å². The molecule has 1 unspecified atom stereocenters. The van der Waals surface area contributed by atoms with Gasteiger partial charge in [-0.05, 0) is 13.0 Å². The highest BCUT2D eigenvalue weighted by Crippen LogP contribution is 2.30. The van der Waals surface area contributed by atoms with Gasteiger partial charge in [-0.15, -0.1) is 0 Å². The molecule has 0 aromatic heterocycles. The van der Waals surface area contributed by atoms with Crippen molar-refractivity contribution in [2.45, 2.75) is 12.5 Å².